The average molecular weight is 452 g/mol. The maximum absolute atomic E-state index is 12.7. The van der Waals surface area contributed by atoms with E-state index in [1.165, 1.54) is 23.8 Å². The number of carboxylic acid groups (broad SMARTS) is 1. The van der Waals surface area contributed by atoms with Gasteiger partial charge in [0.1, 0.15) is 29.9 Å². The molecule has 0 saturated carbocycles. The number of β-lactam (4-membered cyclic amide) rings is 1. The summed E-state index contributed by atoms with van der Waals surface area (Å²) in [6.07, 6.45) is 5.41. The van der Waals surface area contributed by atoms with E-state index >= 15 is 0 Å². The highest BCUT2D eigenvalue weighted by molar-refractivity contribution is 8.00. The minimum atomic E-state index is -1.17. The minimum absolute atomic E-state index is 0.0420. The van der Waals surface area contributed by atoms with Gasteiger partial charge in [0, 0.05) is 11.1 Å². The highest BCUT2D eigenvalue weighted by atomic mass is 32.2. The van der Waals surface area contributed by atoms with Crippen molar-refractivity contribution in [2.45, 2.75) is 31.2 Å². The Morgan fingerprint density at radius 2 is 2.30 bits per heavy atom. The molecule has 30 heavy (non-hydrogen) atoms. The Hall–Kier alpha value is -2.86. The molecule has 1 unspecified atom stereocenters. The third-order valence-corrected chi connectivity index (χ3v) is 6.40. The van der Waals surface area contributed by atoms with Gasteiger partial charge in [-0.05, 0) is 12.0 Å². The summed E-state index contributed by atoms with van der Waals surface area (Å²) in [6, 6.07) is -0.879. The van der Waals surface area contributed by atoms with Gasteiger partial charge in [0.15, 0.2) is 10.8 Å². The van der Waals surface area contributed by atoms with Crippen molar-refractivity contribution in [3.63, 3.8) is 0 Å². The molecule has 0 bridgehead atoms. The number of carboxylic acids is 1. The van der Waals surface area contributed by atoms with Crippen LogP contribution in [-0.4, -0.2) is 62.8 Å². The van der Waals surface area contributed by atoms with E-state index in [4.69, 9.17) is 10.6 Å². The van der Waals surface area contributed by atoms with E-state index < -0.39 is 29.2 Å². The number of nitrogens with one attached hydrogen (secondary N) is 1. The highest BCUT2D eigenvalue weighted by Crippen LogP contribution is 2.40. The standard InChI is InChI=1S/C18H21N5O5S2/c1-3-4-5-6-9-7-29-16-12(15(25)23(16)13(9)17(26)27)21-14(24)11(22-28-2)10-8-30-18(19)20-10/h5-6,8,12,16H,3-4,7H2,1-2H3,(H2,19,20)(H,21,24)(H,26,27)/b6-5-,22-11-/t12?,16-/m0/s1. The smallest absolute Gasteiger partial charge is 0.352 e. The summed E-state index contributed by atoms with van der Waals surface area (Å²) in [6.45, 7) is 2.02. The number of allylic oxidation sites excluding steroid dienone is 2. The SMILES string of the molecule is CCC/C=C\C1=C(C(=O)O)N2C(=O)C(NC(=O)/C(=N\OC)c3csc(N)n3)[C@@H]2SC1. The van der Waals surface area contributed by atoms with E-state index in [-0.39, 0.29) is 22.2 Å². The van der Waals surface area contributed by atoms with Crippen LogP contribution in [0.15, 0.2) is 34.0 Å². The van der Waals surface area contributed by atoms with Crippen molar-refractivity contribution in [1.82, 2.24) is 15.2 Å². The third kappa shape index (κ3) is 4.19. The van der Waals surface area contributed by atoms with Gasteiger partial charge in [-0.1, -0.05) is 30.7 Å². The van der Waals surface area contributed by atoms with E-state index in [9.17, 15) is 19.5 Å². The summed E-state index contributed by atoms with van der Waals surface area (Å²) in [5.74, 6) is -1.90. The number of aliphatic carboxylic acids is 1. The number of carbonyl (C=O) groups excluding carboxylic acids is 2. The van der Waals surface area contributed by atoms with Crippen molar-refractivity contribution in [3.05, 3.63) is 34.5 Å². The lowest BCUT2D eigenvalue weighted by Gasteiger charge is -2.49. The van der Waals surface area contributed by atoms with E-state index in [1.807, 2.05) is 13.0 Å². The molecule has 160 valence electrons. The van der Waals surface area contributed by atoms with E-state index in [0.717, 1.165) is 24.2 Å². The number of carbonyl (C=O) groups is 3. The first kappa shape index (κ1) is 21.8. The number of thioether (sulfide) groups is 1. The van der Waals surface area contributed by atoms with Gasteiger partial charge in [-0.25, -0.2) is 9.78 Å². The van der Waals surface area contributed by atoms with Crippen molar-refractivity contribution >= 4 is 51.7 Å². The fourth-order valence-corrected chi connectivity index (χ4v) is 4.93. The molecular formula is C18H21N5O5S2. The van der Waals surface area contributed by atoms with Crippen LogP contribution in [0.2, 0.25) is 0 Å². The fraction of sp³-hybridized carbons (Fsp3) is 0.389. The summed E-state index contributed by atoms with van der Waals surface area (Å²) in [5, 5.41) is 17.3. The first-order valence-corrected chi connectivity index (χ1v) is 11.0. The molecule has 12 heteroatoms. The first-order chi connectivity index (χ1) is 14.4. The molecule has 1 saturated heterocycles. The molecule has 0 aliphatic carbocycles. The topological polar surface area (TPSA) is 147 Å². The maximum Gasteiger partial charge on any atom is 0.352 e. The number of anilines is 1. The largest absolute Gasteiger partial charge is 0.477 e. The molecule has 10 nitrogen and oxygen atoms in total. The van der Waals surface area contributed by atoms with E-state index in [2.05, 4.69) is 15.5 Å². The number of hydrogen-bond acceptors (Lipinski definition) is 9. The Morgan fingerprint density at radius 3 is 2.90 bits per heavy atom. The molecule has 2 aliphatic rings. The molecule has 3 heterocycles. The molecule has 2 atom stereocenters. The van der Waals surface area contributed by atoms with Crippen molar-refractivity contribution in [1.29, 1.82) is 0 Å². The molecule has 2 amide bonds. The lowest BCUT2D eigenvalue weighted by atomic mass is 10.0. The molecule has 1 aromatic rings. The van der Waals surface area contributed by atoms with Gasteiger partial charge in [0.2, 0.25) is 0 Å². The van der Waals surface area contributed by atoms with E-state index in [1.54, 1.807) is 11.5 Å². The first-order valence-electron chi connectivity index (χ1n) is 9.10. The van der Waals surface area contributed by atoms with Gasteiger partial charge < -0.3 is 21.0 Å². The van der Waals surface area contributed by atoms with Crippen LogP contribution in [-0.2, 0) is 19.2 Å². The average Bonchev–Trinajstić information content (AvgIpc) is 3.15. The molecule has 2 aliphatic heterocycles. The Balaban J connectivity index is 1.78. The normalized spacial score (nSPS) is 21.5. The maximum atomic E-state index is 12.7. The number of thiazole rings is 1. The van der Waals surface area contributed by atoms with E-state index in [0.29, 0.717) is 11.3 Å². The van der Waals surface area contributed by atoms with Crippen molar-refractivity contribution in [2.24, 2.45) is 5.16 Å². The molecule has 1 fully saturated rings. The molecule has 0 spiro atoms. The lowest BCUT2D eigenvalue weighted by Crippen LogP contribution is -2.71. The second kappa shape index (κ2) is 9.30. The highest BCUT2D eigenvalue weighted by Gasteiger charge is 2.54. The zero-order valence-electron chi connectivity index (χ0n) is 16.3. The zero-order chi connectivity index (χ0) is 21.8. The van der Waals surface area contributed by atoms with Crippen LogP contribution < -0.4 is 11.1 Å². The van der Waals surface area contributed by atoms with Crippen molar-refractivity contribution < 1.29 is 24.3 Å². The van der Waals surface area contributed by atoms with Crippen LogP contribution >= 0.6 is 23.1 Å². The number of nitrogen functional groups attached to an aromatic ring is 1. The number of nitrogens with two attached hydrogens (primary N) is 1. The molecule has 3 rings (SSSR count). The van der Waals surface area contributed by atoms with Crippen LogP contribution in [0.25, 0.3) is 0 Å². The minimum Gasteiger partial charge on any atom is -0.477 e. The number of unbranched alkanes of at least 4 members (excludes halogenated alkanes) is 1. The van der Waals surface area contributed by atoms with Gasteiger partial charge in [-0.2, -0.15) is 0 Å². The number of oxime groups is 1. The van der Waals surface area contributed by atoms with Crippen LogP contribution in [0.1, 0.15) is 25.5 Å². The Morgan fingerprint density at radius 1 is 1.53 bits per heavy atom. The number of hydrogen-bond donors (Lipinski definition) is 3. The molecule has 1 aromatic heterocycles. The predicted octanol–water partition coefficient (Wildman–Crippen LogP) is 1.17. The summed E-state index contributed by atoms with van der Waals surface area (Å²) >= 11 is 2.53. The van der Waals surface area contributed by atoms with Crippen LogP contribution in [0.3, 0.4) is 0 Å². The zero-order valence-corrected chi connectivity index (χ0v) is 18.0. The quantitative estimate of drug-likeness (QED) is 0.303. The molecular weight excluding hydrogens is 430 g/mol. The number of amides is 2. The summed E-state index contributed by atoms with van der Waals surface area (Å²) in [4.78, 5) is 47.2. The third-order valence-electron chi connectivity index (χ3n) is 4.42. The van der Waals surface area contributed by atoms with Gasteiger partial charge in [-0.3, -0.25) is 14.5 Å². The second-order valence-electron chi connectivity index (χ2n) is 6.42. The monoisotopic (exact) mass is 451 g/mol. The molecule has 0 aromatic carbocycles. The van der Waals surface area contributed by atoms with Crippen LogP contribution in [0, 0.1) is 0 Å². The van der Waals surface area contributed by atoms with Gasteiger partial charge in [0.05, 0.1) is 0 Å². The Labute approximate surface area is 180 Å². The van der Waals surface area contributed by atoms with Crippen LogP contribution in [0.5, 0.6) is 0 Å². The number of fused-ring (bicyclic) bond motifs is 1. The van der Waals surface area contributed by atoms with Crippen molar-refractivity contribution in [2.75, 3.05) is 18.6 Å². The van der Waals surface area contributed by atoms with Gasteiger partial charge in [-0.15, -0.1) is 23.1 Å². The van der Waals surface area contributed by atoms with Crippen LogP contribution in [0.4, 0.5) is 5.13 Å². The number of nitrogens with zero attached hydrogens (tertiary/aromatic N) is 3. The summed E-state index contributed by atoms with van der Waals surface area (Å²) in [5.41, 5.74) is 6.26. The van der Waals surface area contributed by atoms with Crippen molar-refractivity contribution in [3.8, 4) is 0 Å². The predicted molar refractivity (Wildman–Crippen MR) is 114 cm³/mol. The Bertz CT molecular complexity index is 955. The number of aromatic nitrogens is 1. The summed E-state index contributed by atoms with van der Waals surface area (Å²) in [7, 11) is 1.29. The van der Waals surface area contributed by atoms with Gasteiger partial charge in [0.25, 0.3) is 11.8 Å². The fourth-order valence-electron chi connectivity index (χ4n) is 3.07. The number of rotatable bonds is 8. The summed E-state index contributed by atoms with van der Waals surface area (Å²) < 4.78 is 0. The van der Waals surface area contributed by atoms with Gasteiger partial charge >= 0.3 is 5.97 Å². The lowest BCUT2D eigenvalue weighted by molar-refractivity contribution is -0.150. The molecule has 4 N–H and O–H groups in total. The Kier molecular flexibility index (Phi) is 6.77. The second-order valence-corrected chi connectivity index (χ2v) is 8.42. The molecule has 0 radical (unpaired) electrons.